The maximum atomic E-state index is 13.4. The third-order valence-electron chi connectivity index (χ3n) is 7.21. The van der Waals surface area contributed by atoms with E-state index in [9.17, 15) is 31.6 Å². The number of sulfone groups is 1. The Labute approximate surface area is 271 Å². The summed E-state index contributed by atoms with van der Waals surface area (Å²) in [7, 11) is -9.08. The molecule has 6 aromatic rings. The van der Waals surface area contributed by atoms with Gasteiger partial charge in [0.2, 0.25) is 9.84 Å². The van der Waals surface area contributed by atoms with E-state index in [2.05, 4.69) is 0 Å². The quantitative estimate of drug-likeness (QED) is 0.130. The lowest BCUT2D eigenvalue weighted by atomic mass is 10.1. The van der Waals surface area contributed by atoms with Gasteiger partial charge in [-0.3, -0.25) is 4.55 Å². The van der Waals surface area contributed by atoms with E-state index in [-0.39, 0.29) is 32.8 Å². The summed E-state index contributed by atoms with van der Waals surface area (Å²) in [4.78, 5) is -1.19. The molecule has 0 atom stereocenters. The molecule has 0 amide bonds. The summed E-state index contributed by atoms with van der Waals surface area (Å²) in [5.41, 5.74) is 3.49. The Morgan fingerprint density at radius 1 is 0.426 bits per heavy atom. The molecule has 6 aromatic carbocycles. The van der Waals surface area contributed by atoms with Gasteiger partial charge in [-0.15, -0.1) is 0 Å². The number of benzene rings is 6. The van der Waals surface area contributed by atoms with Crippen molar-refractivity contribution in [3.8, 4) is 56.8 Å². The van der Waals surface area contributed by atoms with E-state index < -0.39 is 24.9 Å². The number of hydrogen-bond donors (Lipinski definition) is 3. The average Bonchev–Trinajstić information content (AvgIpc) is 3.06. The van der Waals surface area contributed by atoms with Crippen LogP contribution in [0.25, 0.3) is 22.3 Å². The van der Waals surface area contributed by atoms with Crippen molar-refractivity contribution in [3.63, 3.8) is 0 Å². The fraction of sp³-hybridized carbons (Fsp3) is 0. The van der Waals surface area contributed by atoms with Crippen LogP contribution in [-0.4, -0.2) is 31.6 Å². The summed E-state index contributed by atoms with van der Waals surface area (Å²) in [6.45, 7) is 0. The zero-order valence-corrected chi connectivity index (χ0v) is 26.0. The van der Waals surface area contributed by atoms with Gasteiger partial charge in [0.25, 0.3) is 10.1 Å². The smallest absolute Gasteiger partial charge is 0.298 e. The summed E-state index contributed by atoms with van der Waals surface area (Å²) >= 11 is 0. The molecule has 0 aliphatic heterocycles. The first-order valence-corrected chi connectivity index (χ1v) is 17.0. The Kier molecular flexibility index (Phi) is 8.44. The topological polar surface area (TPSA) is 147 Å². The number of rotatable bonds is 9. The zero-order valence-electron chi connectivity index (χ0n) is 24.4. The second kappa shape index (κ2) is 12.6. The number of ether oxygens (including phenoxy) is 2. The summed E-state index contributed by atoms with van der Waals surface area (Å²) in [5.74, 6) is 1.19. The first-order chi connectivity index (χ1) is 22.5. The molecule has 0 aliphatic carbocycles. The van der Waals surface area contributed by atoms with Crippen LogP contribution in [0.2, 0.25) is 0 Å². The number of phenolic OH excluding ortho intramolecular Hbond substituents is 2. The minimum absolute atomic E-state index is 0.118. The molecule has 47 heavy (non-hydrogen) atoms. The van der Waals surface area contributed by atoms with Crippen LogP contribution < -0.4 is 9.47 Å². The molecule has 0 saturated heterocycles. The van der Waals surface area contributed by atoms with Gasteiger partial charge in [0, 0.05) is 0 Å². The maximum Gasteiger partial charge on any atom is 0.298 e. The molecule has 0 aromatic heterocycles. The van der Waals surface area contributed by atoms with Crippen LogP contribution in [0.5, 0.6) is 34.5 Å². The van der Waals surface area contributed by atoms with Gasteiger partial charge in [-0.25, -0.2) is 8.42 Å². The van der Waals surface area contributed by atoms with E-state index in [1.165, 1.54) is 36.4 Å². The zero-order chi connectivity index (χ0) is 33.2. The molecule has 0 aliphatic rings. The first-order valence-electron chi connectivity index (χ1n) is 14.1. The highest BCUT2D eigenvalue weighted by atomic mass is 32.2. The first kappa shape index (κ1) is 31.4. The van der Waals surface area contributed by atoms with Crippen LogP contribution in [0.1, 0.15) is 0 Å². The van der Waals surface area contributed by atoms with Gasteiger partial charge in [0.15, 0.2) is 0 Å². The van der Waals surface area contributed by atoms with Gasteiger partial charge in [-0.05, 0) is 113 Å². The largest absolute Gasteiger partial charge is 0.508 e. The fourth-order valence-electron chi connectivity index (χ4n) is 4.77. The molecule has 236 valence electrons. The maximum absolute atomic E-state index is 13.4. The second-order valence-electron chi connectivity index (χ2n) is 10.4. The highest BCUT2D eigenvalue weighted by molar-refractivity contribution is 7.91. The lowest BCUT2D eigenvalue weighted by Crippen LogP contribution is -2.06. The summed E-state index contributed by atoms with van der Waals surface area (Å²) in [5, 5.41) is 19.0. The van der Waals surface area contributed by atoms with E-state index in [4.69, 9.17) is 9.47 Å². The van der Waals surface area contributed by atoms with Gasteiger partial charge in [-0.1, -0.05) is 48.5 Å². The van der Waals surface area contributed by atoms with Crippen molar-refractivity contribution < 1.29 is 41.1 Å². The van der Waals surface area contributed by atoms with Crippen LogP contribution in [0.15, 0.2) is 154 Å². The van der Waals surface area contributed by atoms with Gasteiger partial charge >= 0.3 is 0 Å². The SMILES string of the molecule is O=S(=O)(O)c1cc(S(=O)(=O)c2ccc(Oc3ccc(-c4ccc(O)cc4)cc3)cc2)ccc1Oc1ccc(-c2ccc(O)cc2)cc1. The molecular weight excluding hydrogens is 641 g/mol. The Morgan fingerprint density at radius 2 is 0.787 bits per heavy atom. The van der Waals surface area contributed by atoms with E-state index >= 15 is 0 Å². The van der Waals surface area contributed by atoms with E-state index in [0.717, 1.165) is 28.3 Å². The number of aromatic hydroxyl groups is 2. The molecule has 0 heterocycles. The average molecular weight is 667 g/mol. The predicted molar refractivity (Wildman–Crippen MR) is 175 cm³/mol. The Hall–Kier alpha value is -5.62. The van der Waals surface area contributed by atoms with Crippen LogP contribution in [0, 0.1) is 0 Å². The molecule has 0 bridgehead atoms. The monoisotopic (exact) mass is 666 g/mol. The standard InChI is InChI=1S/C36H26O9S2/c37-28-9-1-24(2-10-28)26-5-13-30(14-6-26)44-31-17-19-33(20-18-31)46(39,40)34-21-22-35(36(23-34)47(41,42)43)45-32-15-7-27(8-16-32)25-3-11-29(38)12-4-25/h1-23,37-38H,(H,41,42,43). The molecule has 0 spiro atoms. The summed E-state index contributed by atoms with van der Waals surface area (Å²) in [6.07, 6.45) is 0. The van der Waals surface area contributed by atoms with Crippen LogP contribution in [-0.2, 0) is 20.0 Å². The van der Waals surface area contributed by atoms with E-state index in [0.29, 0.717) is 11.5 Å². The minimum atomic E-state index is -4.88. The van der Waals surface area contributed by atoms with Crippen molar-refractivity contribution in [2.45, 2.75) is 14.7 Å². The molecule has 3 N–H and O–H groups in total. The van der Waals surface area contributed by atoms with Gasteiger partial charge in [0.1, 0.15) is 39.4 Å². The Balaban J connectivity index is 1.19. The van der Waals surface area contributed by atoms with Crippen LogP contribution in [0.3, 0.4) is 0 Å². The highest BCUT2D eigenvalue weighted by Crippen LogP contribution is 2.35. The molecule has 0 unspecified atom stereocenters. The third kappa shape index (κ3) is 7.12. The molecule has 0 saturated carbocycles. The van der Waals surface area contributed by atoms with Gasteiger partial charge in [0.05, 0.1) is 9.79 Å². The molecular formula is C36H26O9S2. The summed E-state index contributed by atoms with van der Waals surface area (Å²) in [6, 6.07) is 36.1. The fourth-order valence-corrected chi connectivity index (χ4v) is 6.77. The third-order valence-corrected chi connectivity index (χ3v) is 9.85. The molecule has 11 heteroatoms. The lowest BCUT2D eigenvalue weighted by Gasteiger charge is -2.13. The van der Waals surface area contributed by atoms with Gasteiger partial charge < -0.3 is 19.7 Å². The minimum Gasteiger partial charge on any atom is -0.508 e. The van der Waals surface area contributed by atoms with Crippen LogP contribution >= 0.6 is 0 Å². The van der Waals surface area contributed by atoms with Gasteiger partial charge in [-0.2, -0.15) is 8.42 Å². The second-order valence-corrected chi connectivity index (χ2v) is 13.7. The molecule has 6 rings (SSSR count). The van der Waals surface area contributed by atoms with Crippen LogP contribution in [0.4, 0.5) is 0 Å². The number of phenols is 2. The van der Waals surface area contributed by atoms with Crippen molar-refractivity contribution in [3.05, 3.63) is 140 Å². The van der Waals surface area contributed by atoms with Crippen molar-refractivity contribution in [2.75, 3.05) is 0 Å². The Bertz CT molecular complexity index is 2250. The van der Waals surface area contributed by atoms with Crippen molar-refractivity contribution in [1.82, 2.24) is 0 Å². The normalized spacial score (nSPS) is 11.6. The van der Waals surface area contributed by atoms with Crippen molar-refractivity contribution >= 4 is 20.0 Å². The lowest BCUT2D eigenvalue weighted by molar-refractivity contribution is 0.449. The summed E-state index contributed by atoms with van der Waals surface area (Å²) < 4.78 is 73.0. The Morgan fingerprint density at radius 3 is 1.21 bits per heavy atom. The molecule has 9 nitrogen and oxygen atoms in total. The highest BCUT2D eigenvalue weighted by Gasteiger charge is 2.25. The molecule has 0 radical (unpaired) electrons. The van der Waals surface area contributed by atoms with E-state index in [1.54, 1.807) is 84.9 Å². The van der Waals surface area contributed by atoms with Crippen molar-refractivity contribution in [2.24, 2.45) is 0 Å². The molecule has 0 fully saturated rings. The number of hydrogen-bond acceptors (Lipinski definition) is 8. The van der Waals surface area contributed by atoms with Crippen molar-refractivity contribution in [1.29, 1.82) is 0 Å². The predicted octanol–water partition coefficient (Wildman–Crippen LogP) is 8.10. The van der Waals surface area contributed by atoms with E-state index in [1.807, 2.05) is 12.1 Å².